The van der Waals surface area contributed by atoms with Crippen molar-refractivity contribution in [3.63, 3.8) is 0 Å². The Kier molecular flexibility index (Phi) is 3.72. The molecule has 1 saturated heterocycles. The van der Waals surface area contributed by atoms with E-state index in [1.54, 1.807) is 11.3 Å². The van der Waals surface area contributed by atoms with Crippen LogP contribution in [-0.2, 0) is 12.8 Å². The van der Waals surface area contributed by atoms with Gasteiger partial charge in [-0.1, -0.05) is 12.1 Å². The second-order valence-electron chi connectivity index (χ2n) is 6.10. The molecule has 2 N–H and O–H groups in total. The number of hydrogen-bond donors (Lipinski definition) is 2. The molecule has 0 spiro atoms. The fourth-order valence-corrected chi connectivity index (χ4v) is 4.52. The van der Waals surface area contributed by atoms with E-state index < -0.39 is 0 Å². The Morgan fingerprint density at radius 2 is 2.14 bits per heavy atom. The summed E-state index contributed by atoms with van der Waals surface area (Å²) in [6.07, 6.45) is 5.80. The molecule has 114 valence electrons. The quantitative estimate of drug-likeness (QED) is 0.902. The predicted molar refractivity (Wildman–Crippen MR) is 90.7 cm³/mol. The van der Waals surface area contributed by atoms with Crippen LogP contribution >= 0.6 is 11.3 Å². The lowest BCUT2D eigenvalue weighted by atomic mass is 10.1. The van der Waals surface area contributed by atoms with Gasteiger partial charge in [0, 0.05) is 16.6 Å². The molecule has 2 aliphatic rings. The highest BCUT2D eigenvalue weighted by Gasteiger charge is 2.21. The van der Waals surface area contributed by atoms with Gasteiger partial charge in [-0.2, -0.15) is 0 Å². The van der Waals surface area contributed by atoms with E-state index in [1.807, 2.05) is 18.2 Å². The highest BCUT2D eigenvalue weighted by atomic mass is 32.1. The van der Waals surface area contributed by atoms with Gasteiger partial charge in [-0.15, -0.1) is 11.3 Å². The van der Waals surface area contributed by atoms with E-state index in [2.05, 4.69) is 22.8 Å². The Balaban J connectivity index is 1.52. The third-order valence-corrected chi connectivity index (χ3v) is 5.85. The molecule has 1 aliphatic heterocycles. The molecule has 0 radical (unpaired) electrons. The van der Waals surface area contributed by atoms with Crippen molar-refractivity contribution < 1.29 is 4.79 Å². The lowest BCUT2D eigenvalue weighted by molar-refractivity contribution is 0.103. The van der Waals surface area contributed by atoms with Crippen molar-refractivity contribution in [3.8, 4) is 0 Å². The number of amides is 1. The highest BCUT2D eigenvalue weighted by molar-refractivity contribution is 7.14. The van der Waals surface area contributed by atoms with Crippen LogP contribution in [0.1, 0.15) is 51.0 Å². The van der Waals surface area contributed by atoms with E-state index in [9.17, 15) is 4.79 Å². The van der Waals surface area contributed by atoms with Crippen LogP contribution < -0.4 is 10.6 Å². The fourth-order valence-electron chi connectivity index (χ4n) is 3.51. The predicted octanol–water partition coefficient (Wildman–Crippen LogP) is 3.91. The molecule has 1 fully saturated rings. The maximum Gasteiger partial charge on any atom is 0.265 e. The Hall–Kier alpha value is -1.65. The molecule has 4 rings (SSSR count). The number of rotatable bonds is 3. The molecule has 4 heteroatoms. The summed E-state index contributed by atoms with van der Waals surface area (Å²) >= 11 is 1.62. The van der Waals surface area contributed by atoms with E-state index in [1.165, 1.54) is 35.3 Å². The molecule has 1 aromatic carbocycles. The Labute approximate surface area is 134 Å². The lowest BCUT2D eigenvalue weighted by Gasteiger charge is -2.09. The van der Waals surface area contributed by atoms with Gasteiger partial charge < -0.3 is 10.6 Å². The smallest absolute Gasteiger partial charge is 0.265 e. The zero-order valence-electron chi connectivity index (χ0n) is 12.5. The van der Waals surface area contributed by atoms with E-state index in [0.717, 1.165) is 30.0 Å². The average molecular weight is 312 g/mol. The number of benzene rings is 1. The van der Waals surface area contributed by atoms with Gasteiger partial charge in [0.15, 0.2) is 0 Å². The zero-order chi connectivity index (χ0) is 14.9. The average Bonchev–Trinajstić information content (AvgIpc) is 3.27. The van der Waals surface area contributed by atoms with Crippen LogP contribution in [0.4, 0.5) is 5.69 Å². The summed E-state index contributed by atoms with van der Waals surface area (Å²) in [6, 6.07) is 10.7. The molecule has 2 heterocycles. The fraction of sp³-hybridized carbons (Fsp3) is 0.389. The second kappa shape index (κ2) is 5.86. The van der Waals surface area contributed by atoms with Gasteiger partial charge >= 0.3 is 0 Å². The maximum atomic E-state index is 12.5. The third kappa shape index (κ3) is 2.57. The van der Waals surface area contributed by atoms with E-state index >= 15 is 0 Å². The minimum Gasteiger partial charge on any atom is -0.321 e. The molecule has 0 saturated carbocycles. The van der Waals surface area contributed by atoms with E-state index in [0.29, 0.717) is 6.04 Å². The summed E-state index contributed by atoms with van der Waals surface area (Å²) in [5.41, 5.74) is 3.71. The summed E-state index contributed by atoms with van der Waals surface area (Å²) in [7, 11) is 0. The van der Waals surface area contributed by atoms with Crippen molar-refractivity contribution in [2.24, 2.45) is 0 Å². The molecule has 1 amide bonds. The zero-order valence-corrected chi connectivity index (χ0v) is 13.3. The molecule has 2 aromatic rings. The molecule has 1 atom stereocenters. The minimum absolute atomic E-state index is 0.0227. The second-order valence-corrected chi connectivity index (χ2v) is 7.22. The van der Waals surface area contributed by atoms with Gasteiger partial charge in [-0.25, -0.2) is 0 Å². The first-order valence-electron chi connectivity index (χ1n) is 8.06. The number of fused-ring (bicyclic) bond motifs is 1. The van der Waals surface area contributed by atoms with Crippen molar-refractivity contribution in [1.82, 2.24) is 5.32 Å². The number of anilines is 1. The normalized spacial score (nSPS) is 20.1. The van der Waals surface area contributed by atoms with Crippen LogP contribution in [0.5, 0.6) is 0 Å². The SMILES string of the molecule is O=C(Nc1cccc2c1CCC2)c1ccc(C2CCCN2)s1. The van der Waals surface area contributed by atoms with Gasteiger partial charge in [0.05, 0.1) is 4.88 Å². The first kappa shape index (κ1) is 14.0. The summed E-state index contributed by atoms with van der Waals surface area (Å²) in [6.45, 7) is 1.08. The Morgan fingerprint density at radius 3 is 3.00 bits per heavy atom. The van der Waals surface area contributed by atoms with Crippen LogP contribution in [0.15, 0.2) is 30.3 Å². The number of hydrogen-bond acceptors (Lipinski definition) is 3. The maximum absolute atomic E-state index is 12.5. The molecule has 1 unspecified atom stereocenters. The van der Waals surface area contributed by atoms with Gasteiger partial charge in [0.2, 0.25) is 0 Å². The van der Waals surface area contributed by atoms with Crippen LogP contribution in [0.3, 0.4) is 0 Å². The highest BCUT2D eigenvalue weighted by Crippen LogP contribution is 2.31. The van der Waals surface area contributed by atoms with Crippen molar-refractivity contribution in [3.05, 3.63) is 51.2 Å². The van der Waals surface area contributed by atoms with Crippen molar-refractivity contribution in [1.29, 1.82) is 0 Å². The van der Waals surface area contributed by atoms with Crippen molar-refractivity contribution >= 4 is 22.9 Å². The van der Waals surface area contributed by atoms with E-state index in [-0.39, 0.29) is 5.91 Å². The van der Waals surface area contributed by atoms with Gasteiger partial charge in [-0.05, 0) is 68.0 Å². The molecule has 0 bridgehead atoms. The van der Waals surface area contributed by atoms with Crippen molar-refractivity contribution in [2.45, 2.75) is 38.1 Å². The van der Waals surface area contributed by atoms with Crippen molar-refractivity contribution in [2.75, 3.05) is 11.9 Å². The number of thiophene rings is 1. The number of carbonyl (C=O) groups is 1. The molecular formula is C18H20N2OS. The molecule has 3 nitrogen and oxygen atoms in total. The van der Waals surface area contributed by atoms with Crippen LogP contribution in [0, 0.1) is 0 Å². The summed E-state index contributed by atoms with van der Waals surface area (Å²) in [4.78, 5) is 14.6. The summed E-state index contributed by atoms with van der Waals surface area (Å²) < 4.78 is 0. The van der Waals surface area contributed by atoms with Gasteiger partial charge in [0.1, 0.15) is 0 Å². The largest absolute Gasteiger partial charge is 0.321 e. The van der Waals surface area contributed by atoms with Crippen LogP contribution in [0.2, 0.25) is 0 Å². The summed E-state index contributed by atoms with van der Waals surface area (Å²) in [5.74, 6) is 0.0227. The Morgan fingerprint density at radius 1 is 1.18 bits per heavy atom. The number of aryl methyl sites for hydroxylation is 1. The summed E-state index contributed by atoms with van der Waals surface area (Å²) in [5, 5.41) is 6.60. The monoisotopic (exact) mass is 312 g/mol. The third-order valence-electron chi connectivity index (χ3n) is 4.65. The minimum atomic E-state index is 0.0227. The topological polar surface area (TPSA) is 41.1 Å². The Bertz CT molecular complexity index is 701. The number of nitrogens with one attached hydrogen (secondary N) is 2. The first-order valence-corrected chi connectivity index (χ1v) is 8.88. The lowest BCUT2D eigenvalue weighted by Crippen LogP contribution is -2.12. The standard InChI is InChI=1S/C18H20N2OS/c21-18(17-10-9-16(22-17)15-8-3-11-19-15)20-14-7-2-5-12-4-1-6-13(12)14/h2,5,7,9-10,15,19H,1,3-4,6,8,11H2,(H,20,21). The van der Waals surface area contributed by atoms with E-state index in [4.69, 9.17) is 0 Å². The molecule has 1 aromatic heterocycles. The van der Waals surface area contributed by atoms with Crippen LogP contribution in [0.25, 0.3) is 0 Å². The van der Waals surface area contributed by atoms with Gasteiger partial charge in [-0.3, -0.25) is 4.79 Å². The van der Waals surface area contributed by atoms with Crippen LogP contribution in [-0.4, -0.2) is 12.5 Å². The molecular weight excluding hydrogens is 292 g/mol. The first-order chi connectivity index (χ1) is 10.8. The van der Waals surface area contributed by atoms with Gasteiger partial charge in [0.25, 0.3) is 5.91 Å². The molecule has 1 aliphatic carbocycles. The number of carbonyl (C=O) groups excluding carboxylic acids is 1. The molecule has 22 heavy (non-hydrogen) atoms.